The normalized spacial score (nSPS) is 12.0. The van der Waals surface area contributed by atoms with Crippen LogP contribution in [0.5, 0.6) is 11.5 Å². The minimum absolute atomic E-state index is 0.284. The maximum Gasteiger partial charge on any atom is 0.231 e. The van der Waals surface area contributed by atoms with Crippen molar-refractivity contribution in [2.24, 2.45) is 0 Å². The van der Waals surface area contributed by atoms with Crippen molar-refractivity contribution in [2.75, 3.05) is 17.4 Å². The Morgan fingerprint density at radius 1 is 0.958 bits per heavy atom. The van der Waals surface area contributed by atoms with Gasteiger partial charge in [0.15, 0.2) is 11.5 Å². The molecule has 3 aromatic rings. The average molecular weight is 320 g/mol. The van der Waals surface area contributed by atoms with Gasteiger partial charge in [-0.25, -0.2) is 4.98 Å². The van der Waals surface area contributed by atoms with Crippen LogP contribution in [0.4, 0.5) is 17.5 Å². The molecule has 24 heavy (non-hydrogen) atoms. The molecule has 0 spiro atoms. The third kappa shape index (κ3) is 3.22. The molecule has 0 saturated carbocycles. The molecule has 2 N–H and O–H groups in total. The number of nitrogens with zero attached hydrogens (tertiary/aromatic N) is 2. The number of hydrogen-bond acceptors (Lipinski definition) is 6. The fraction of sp³-hybridized carbons (Fsp3) is 0.111. The molecule has 6 nitrogen and oxygen atoms in total. The van der Waals surface area contributed by atoms with Crippen molar-refractivity contribution in [1.82, 2.24) is 9.97 Å². The highest BCUT2D eigenvalue weighted by Crippen LogP contribution is 2.32. The van der Waals surface area contributed by atoms with Crippen molar-refractivity contribution in [1.29, 1.82) is 0 Å². The summed E-state index contributed by atoms with van der Waals surface area (Å²) in [5, 5.41) is 6.47. The molecule has 0 unspecified atom stereocenters. The monoisotopic (exact) mass is 320 g/mol. The first-order valence-electron chi connectivity index (χ1n) is 7.64. The average Bonchev–Trinajstić information content (AvgIpc) is 3.09. The lowest BCUT2D eigenvalue weighted by atomic mass is 10.2. The molecule has 0 radical (unpaired) electrons. The molecule has 0 atom stereocenters. The topological polar surface area (TPSA) is 68.3 Å². The van der Waals surface area contributed by atoms with Gasteiger partial charge in [0, 0.05) is 18.4 Å². The quantitative estimate of drug-likeness (QED) is 0.749. The van der Waals surface area contributed by atoms with E-state index in [1.165, 1.54) is 0 Å². The van der Waals surface area contributed by atoms with Gasteiger partial charge in [-0.2, -0.15) is 4.98 Å². The van der Waals surface area contributed by atoms with Gasteiger partial charge in [-0.15, -0.1) is 0 Å². The van der Waals surface area contributed by atoms with Crippen LogP contribution in [0, 0.1) is 0 Å². The van der Waals surface area contributed by atoms with Gasteiger partial charge in [0.25, 0.3) is 0 Å². The Hall–Kier alpha value is -3.28. The maximum atomic E-state index is 5.39. The zero-order valence-electron chi connectivity index (χ0n) is 12.9. The first-order chi connectivity index (χ1) is 11.9. The number of fused-ring (bicyclic) bond motifs is 1. The van der Waals surface area contributed by atoms with Crippen molar-refractivity contribution in [2.45, 2.75) is 6.54 Å². The largest absolute Gasteiger partial charge is 0.454 e. The molecule has 2 heterocycles. The van der Waals surface area contributed by atoms with Crippen molar-refractivity contribution in [3.63, 3.8) is 0 Å². The minimum Gasteiger partial charge on any atom is -0.454 e. The second-order valence-corrected chi connectivity index (χ2v) is 5.30. The summed E-state index contributed by atoms with van der Waals surface area (Å²) in [6.07, 6.45) is 1.72. The van der Waals surface area contributed by atoms with Gasteiger partial charge < -0.3 is 20.1 Å². The number of anilines is 3. The van der Waals surface area contributed by atoms with Crippen LogP contribution in [0.15, 0.2) is 60.8 Å². The summed E-state index contributed by atoms with van der Waals surface area (Å²) < 4.78 is 10.7. The highest BCUT2D eigenvalue weighted by molar-refractivity contribution is 5.54. The van der Waals surface area contributed by atoms with Crippen LogP contribution < -0.4 is 20.1 Å². The SMILES string of the molecule is c1ccc(Nc2nccc(NCc3ccc4c(c3)OCO4)n2)cc1. The van der Waals surface area contributed by atoms with E-state index in [2.05, 4.69) is 20.6 Å². The number of para-hydroxylation sites is 1. The Morgan fingerprint density at radius 3 is 2.75 bits per heavy atom. The van der Waals surface area contributed by atoms with Gasteiger partial charge in [-0.1, -0.05) is 24.3 Å². The molecule has 0 fully saturated rings. The molecule has 1 aromatic heterocycles. The van der Waals surface area contributed by atoms with Crippen LogP contribution in [-0.2, 0) is 6.54 Å². The molecule has 0 bridgehead atoms. The van der Waals surface area contributed by atoms with Crippen LogP contribution in [0.25, 0.3) is 0 Å². The summed E-state index contributed by atoms with van der Waals surface area (Å²) in [5.74, 6) is 2.87. The second-order valence-electron chi connectivity index (χ2n) is 5.30. The number of aromatic nitrogens is 2. The van der Waals surface area contributed by atoms with Crippen molar-refractivity contribution in [3.05, 3.63) is 66.4 Å². The fourth-order valence-corrected chi connectivity index (χ4v) is 2.41. The van der Waals surface area contributed by atoms with E-state index in [0.717, 1.165) is 28.6 Å². The molecule has 0 saturated heterocycles. The van der Waals surface area contributed by atoms with Crippen LogP contribution >= 0.6 is 0 Å². The van der Waals surface area contributed by atoms with E-state index in [1.54, 1.807) is 6.20 Å². The number of hydrogen-bond donors (Lipinski definition) is 2. The van der Waals surface area contributed by atoms with E-state index in [-0.39, 0.29) is 6.79 Å². The van der Waals surface area contributed by atoms with Gasteiger partial charge in [-0.3, -0.25) is 0 Å². The number of nitrogens with one attached hydrogen (secondary N) is 2. The molecule has 1 aliphatic heterocycles. The predicted molar refractivity (Wildman–Crippen MR) is 91.6 cm³/mol. The first kappa shape index (κ1) is 14.3. The Kier molecular flexibility index (Phi) is 3.85. The molecule has 6 heteroatoms. The lowest BCUT2D eigenvalue weighted by molar-refractivity contribution is 0.174. The Morgan fingerprint density at radius 2 is 1.83 bits per heavy atom. The zero-order chi connectivity index (χ0) is 16.2. The zero-order valence-corrected chi connectivity index (χ0v) is 12.9. The number of benzene rings is 2. The van der Waals surface area contributed by atoms with Gasteiger partial charge in [0.1, 0.15) is 5.82 Å². The smallest absolute Gasteiger partial charge is 0.231 e. The van der Waals surface area contributed by atoms with E-state index < -0.39 is 0 Å². The van der Waals surface area contributed by atoms with Crippen LogP contribution in [0.3, 0.4) is 0 Å². The fourth-order valence-electron chi connectivity index (χ4n) is 2.41. The van der Waals surface area contributed by atoms with Crippen LogP contribution in [0.1, 0.15) is 5.56 Å². The number of ether oxygens (including phenoxy) is 2. The molecule has 120 valence electrons. The Bertz CT molecular complexity index is 839. The Balaban J connectivity index is 1.42. The van der Waals surface area contributed by atoms with Crippen LogP contribution in [-0.4, -0.2) is 16.8 Å². The van der Waals surface area contributed by atoms with Crippen molar-refractivity contribution >= 4 is 17.5 Å². The summed E-state index contributed by atoms with van der Waals surface area (Å²) in [6.45, 7) is 0.922. The van der Waals surface area contributed by atoms with E-state index in [9.17, 15) is 0 Å². The third-order valence-corrected chi connectivity index (χ3v) is 3.60. The minimum atomic E-state index is 0.284. The predicted octanol–water partition coefficient (Wildman–Crippen LogP) is 3.56. The van der Waals surface area contributed by atoms with Gasteiger partial charge in [0.05, 0.1) is 0 Å². The number of rotatable bonds is 5. The Labute approximate surface area is 139 Å². The molecule has 1 aliphatic rings. The summed E-state index contributed by atoms with van der Waals surface area (Å²) in [4.78, 5) is 8.70. The lowest BCUT2D eigenvalue weighted by Gasteiger charge is -2.09. The third-order valence-electron chi connectivity index (χ3n) is 3.60. The van der Waals surface area contributed by atoms with E-state index in [4.69, 9.17) is 9.47 Å². The lowest BCUT2D eigenvalue weighted by Crippen LogP contribution is -2.04. The molecule has 4 rings (SSSR count). The van der Waals surface area contributed by atoms with E-state index in [1.807, 2.05) is 54.6 Å². The standard InChI is InChI=1S/C18H16N4O2/c1-2-4-14(5-3-1)21-18-19-9-8-17(22-18)20-11-13-6-7-15-16(10-13)24-12-23-15/h1-10H,11-12H2,(H2,19,20,21,22). The summed E-state index contributed by atoms with van der Waals surface area (Å²) in [5.41, 5.74) is 2.04. The highest BCUT2D eigenvalue weighted by Gasteiger charge is 2.13. The second kappa shape index (κ2) is 6.45. The van der Waals surface area contributed by atoms with E-state index in [0.29, 0.717) is 12.5 Å². The molecule has 0 amide bonds. The molecule has 0 aliphatic carbocycles. The van der Waals surface area contributed by atoms with E-state index >= 15 is 0 Å². The van der Waals surface area contributed by atoms with Crippen LogP contribution in [0.2, 0.25) is 0 Å². The maximum absolute atomic E-state index is 5.39. The van der Waals surface area contributed by atoms with Gasteiger partial charge in [0.2, 0.25) is 12.7 Å². The molecule has 2 aromatic carbocycles. The van der Waals surface area contributed by atoms with Crippen molar-refractivity contribution in [3.8, 4) is 11.5 Å². The molecular formula is C18H16N4O2. The summed E-state index contributed by atoms with van der Waals surface area (Å²) in [7, 11) is 0. The summed E-state index contributed by atoms with van der Waals surface area (Å²) in [6, 6.07) is 17.6. The van der Waals surface area contributed by atoms with Gasteiger partial charge in [-0.05, 0) is 35.9 Å². The summed E-state index contributed by atoms with van der Waals surface area (Å²) >= 11 is 0. The van der Waals surface area contributed by atoms with Crippen molar-refractivity contribution < 1.29 is 9.47 Å². The first-order valence-corrected chi connectivity index (χ1v) is 7.64. The highest BCUT2D eigenvalue weighted by atomic mass is 16.7. The van der Waals surface area contributed by atoms with Gasteiger partial charge >= 0.3 is 0 Å². The molecular weight excluding hydrogens is 304 g/mol.